The second kappa shape index (κ2) is 7.40. The number of aliphatic carboxylic acids is 1. The van der Waals surface area contributed by atoms with Crippen molar-refractivity contribution >= 4 is 29.0 Å². The third-order valence-electron chi connectivity index (χ3n) is 6.76. The van der Waals surface area contributed by atoms with Crippen molar-refractivity contribution in [2.24, 2.45) is 5.92 Å². The van der Waals surface area contributed by atoms with E-state index in [-0.39, 0.29) is 39.3 Å². The van der Waals surface area contributed by atoms with Crippen LogP contribution in [0.1, 0.15) is 77.5 Å². The summed E-state index contributed by atoms with van der Waals surface area (Å²) in [6.45, 7) is 13.6. The first kappa shape index (κ1) is 22.2. The van der Waals surface area contributed by atoms with Crippen LogP contribution in [-0.4, -0.2) is 34.1 Å². The van der Waals surface area contributed by atoms with Crippen LogP contribution in [0.15, 0.2) is 42.0 Å². The van der Waals surface area contributed by atoms with Crippen molar-refractivity contribution in [3.63, 3.8) is 0 Å². The molecule has 3 rings (SSSR count). The van der Waals surface area contributed by atoms with E-state index in [9.17, 15) is 4.79 Å². The van der Waals surface area contributed by atoms with Crippen LogP contribution in [0.25, 0.3) is 0 Å². The number of hydrogen-bond donors (Lipinski definition) is 1. The molecule has 1 fully saturated rings. The van der Waals surface area contributed by atoms with Crippen LogP contribution in [0.5, 0.6) is 0 Å². The van der Waals surface area contributed by atoms with E-state index in [1.807, 2.05) is 13.0 Å². The van der Waals surface area contributed by atoms with Crippen LogP contribution in [0.3, 0.4) is 0 Å². The smallest absolute Gasteiger partial charge is 0.328 e. The molecule has 3 heteroatoms. The molecule has 2 atom stereocenters. The van der Waals surface area contributed by atoms with Gasteiger partial charge in [0.2, 0.25) is 0 Å². The summed E-state index contributed by atoms with van der Waals surface area (Å²) in [6.07, 6.45) is 9.00. The lowest BCUT2D eigenvalue weighted by Crippen LogP contribution is -2.34. The zero-order valence-electron chi connectivity index (χ0n) is 17.0. The molecule has 0 bridgehead atoms. The summed E-state index contributed by atoms with van der Waals surface area (Å²) in [5, 5.41) is 8.84. The van der Waals surface area contributed by atoms with Crippen molar-refractivity contribution in [1.29, 1.82) is 0 Å². The Morgan fingerprint density at radius 3 is 2.26 bits per heavy atom. The molecule has 144 valence electrons. The van der Waals surface area contributed by atoms with Crippen molar-refractivity contribution in [3.05, 3.63) is 58.7 Å². The minimum absolute atomic E-state index is 0. The Morgan fingerprint density at radius 2 is 1.67 bits per heavy atom. The lowest BCUT2D eigenvalue weighted by molar-refractivity contribution is -0.131. The molecule has 0 amide bonds. The summed E-state index contributed by atoms with van der Waals surface area (Å²) in [5.41, 5.74) is 5.91. The van der Waals surface area contributed by atoms with E-state index in [1.165, 1.54) is 35.6 Å². The average Bonchev–Trinajstić information content (AvgIpc) is 3.21. The van der Waals surface area contributed by atoms with E-state index in [1.54, 1.807) is 0 Å². The highest BCUT2D eigenvalue weighted by atomic mass is 24.3. The van der Waals surface area contributed by atoms with Gasteiger partial charge in [0.25, 0.3) is 0 Å². The molecule has 0 spiro atoms. The number of hydrogen-bond acceptors (Lipinski definition) is 1. The molecule has 1 aromatic carbocycles. The highest BCUT2D eigenvalue weighted by Crippen LogP contribution is 2.56. The second-order valence-electron chi connectivity index (χ2n) is 9.84. The van der Waals surface area contributed by atoms with E-state index < -0.39 is 5.97 Å². The summed E-state index contributed by atoms with van der Waals surface area (Å²) in [5.74, 6) is -0.400. The maximum Gasteiger partial charge on any atom is 0.328 e. The number of benzene rings is 1. The van der Waals surface area contributed by atoms with Gasteiger partial charge in [-0.25, -0.2) is 4.79 Å². The molecule has 0 saturated heterocycles. The standard InChI is InChI=1S/C24H32O2.Mg.2H/c1-16(13-21(25)26)7-8-18-15-24(18,6)17-9-10-19-20(14-17)23(4,5)12-11-22(19,2)3;;;/h7-10,13-14,18H,11-12,15H2,1-6H3,(H,25,26);;;/b8-7+,16-13+;;;/t18-,24-;;;/m1.../s1. The molecule has 0 aromatic heterocycles. The topological polar surface area (TPSA) is 37.3 Å². The number of allylic oxidation sites excluding steroid dienone is 3. The van der Waals surface area contributed by atoms with Gasteiger partial charge in [0.15, 0.2) is 0 Å². The van der Waals surface area contributed by atoms with E-state index in [0.717, 1.165) is 12.0 Å². The van der Waals surface area contributed by atoms with Gasteiger partial charge in [-0.3, -0.25) is 0 Å². The molecule has 0 heterocycles. The van der Waals surface area contributed by atoms with Gasteiger partial charge in [0.1, 0.15) is 0 Å². The lowest BCUT2D eigenvalue weighted by atomic mass is 9.62. The molecule has 2 nitrogen and oxygen atoms in total. The summed E-state index contributed by atoms with van der Waals surface area (Å²) in [4.78, 5) is 10.8. The minimum atomic E-state index is -0.884. The van der Waals surface area contributed by atoms with Gasteiger partial charge in [0, 0.05) is 6.08 Å². The Bertz CT molecular complexity index is 801. The molecule has 1 aromatic rings. The fourth-order valence-corrected chi connectivity index (χ4v) is 4.46. The zero-order valence-corrected chi connectivity index (χ0v) is 17.0. The minimum Gasteiger partial charge on any atom is -0.478 e. The van der Waals surface area contributed by atoms with Gasteiger partial charge < -0.3 is 5.11 Å². The predicted molar refractivity (Wildman–Crippen MR) is 116 cm³/mol. The summed E-state index contributed by atoms with van der Waals surface area (Å²) in [6, 6.07) is 7.16. The largest absolute Gasteiger partial charge is 0.478 e. The predicted octanol–water partition coefficient (Wildman–Crippen LogP) is 4.98. The van der Waals surface area contributed by atoms with Gasteiger partial charge >= 0.3 is 29.0 Å². The quantitative estimate of drug-likeness (QED) is 0.455. The second-order valence-corrected chi connectivity index (χ2v) is 9.84. The van der Waals surface area contributed by atoms with Crippen LogP contribution in [0.2, 0.25) is 0 Å². The summed E-state index contributed by atoms with van der Waals surface area (Å²) < 4.78 is 0. The Morgan fingerprint density at radius 1 is 1.07 bits per heavy atom. The fraction of sp³-hybridized carbons (Fsp3) is 0.542. The monoisotopic (exact) mass is 378 g/mol. The number of fused-ring (bicyclic) bond motifs is 1. The van der Waals surface area contributed by atoms with E-state index in [2.05, 4.69) is 58.9 Å². The maximum atomic E-state index is 10.8. The van der Waals surface area contributed by atoms with Gasteiger partial charge in [-0.2, -0.15) is 0 Å². The highest BCUT2D eigenvalue weighted by Gasteiger charge is 2.50. The van der Waals surface area contributed by atoms with Crippen molar-refractivity contribution in [3.8, 4) is 0 Å². The molecule has 1 N–H and O–H groups in total. The number of carboxylic acid groups (broad SMARTS) is 1. The first-order valence-corrected chi connectivity index (χ1v) is 9.71. The molecule has 0 radical (unpaired) electrons. The first-order chi connectivity index (χ1) is 12.0. The Balaban J connectivity index is 0.00000261. The Hall–Kier alpha value is -1.06. The molecule has 2 aliphatic rings. The van der Waals surface area contributed by atoms with Crippen molar-refractivity contribution in [1.82, 2.24) is 0 Å². The number of rotatable bonds is 4. The number of carbonyl (C=O) groups is 1. The Labute approximate surface area is 180 Å². The van der Waals surface area contributed by atoms with Gasteiger partial charge in [-0.05, 0) is 70.6 Å². The molecule has 27 heavy (non-hydrogen) atoms. The van der Waals surface area contributed by atoms with Crippen LogP contribution >= 0.6 is 0 Å². The summed E-state index contributed by atoms with van der Waals surface area (Å²) in [7, 11) is 0. The molecule has 1 saturated carbocycles. The third-order valence-corrected chi connectivity index (χ3v) is 6.76. The van der Waals surface area contributed by atoms with Crippen LogP contribution < -0.4 is 0 Å². The average molecular weight is 379 g/mol. The van der Waals surface area contributed by atoms with Gasteiger partial charge in [-0.15, -0.1) is 0 Å². The highest BCUT2D eigenvalue weighted by molar-refractivity contribution is 5.81. The Kier molecular flexibility index (Phi) is 6.09. The normalized spacial score (nSPS) is 28.4. The summed E-state index contributed by atoms with van der Waals surface area (Å²) >= 11 is 0. The SMILES string of the molecule is CC(/C=C/[C@@H]1C[C@]1(C)c1ccc2c(c1)C(C)(C)CCC2(C)C)=C\C(=O)O.[MgH2]. The van der Waals surface area contributed by atoms with E-state index >= 15 is 0 Å². The molecule has 2 aliphatic carbocycles. The van der Waals surface area contributed by atoms with Crippen LogP contribution in [-0.2, 0) is 21.0 Å². The molecule has 0 unspecified atom stereocenters. The number of carboxylic acids is 1. The molecular formula is C24H34MgO2. The van der Waals surface area contributed by atoms with Crippen LogP contribution in [0, 0.1) is 5.92 Å². The van der Waals surface area contributed by atoms with Gasteiger partial charge in [-0.1, -0.05) is 65.0 Å². The van der Waals surface area contributed by atoms with Crippen molar-refractivity contribution in [2.75, 3.05) is 0 Å². The molecule has 0 aliphatic heterocycles. The van der Waals surface area contributed by atoms with Crippen LogP contribution in [0.4, 0.5) is 0 Å². The fourth-order valence-electron chi connectivity index (χ4n) is 4.46. The lowest BCUT2D eigenvalue weighted by Gasteiger charge is -2.42. The van der Waals surface area contributed by atoms with Crippen molar-refractivity contribution < 1.29 is 9.90 Å². The third kappa shape index (κ3) is 4.35. The van der Waals surface area contributed by atoms with Crippen molar-refractivity contribution in [2.45, 2.75) is 77.0 Å². The molecular weight excluding hydrogens is 345 g/mol. The first-order valence-electron chi connectivity index (χ1n) is 9.71. The zero-order chi connectivity index (χ0) is 19.3. The van der Waals surface area contributed by atoms with Gasteiger partial charge in [0.05, 0.1) is 0 Å². The van der Waals surface area contributed by atoms with E-state index in [4.69, 9.17) is 5.11 Å². The van der Waals surface area contributed by atoms with E-state index in [0.29, 0.717) is 5.92 Å². The maximum absolute atomic E-state index is 10.8.